The summed E-state index contributed by atoms with van der Waals surface area (Å²) in [5.41, 5.74) is 0. The van der Waals surface area contributed by atoms with E-state index in [1.54, 1.807) is 0 Å². The molecule has 0 saturated carbocycles. The van der Waals surface area contributed by atoms with Crippen molar-refractivity contribution in [2.75, 3.05) is 13.2 Å². The molecule has 0 aromatic heterocycles. The molecule has 2 heterocycles. The third-order valence-corrected chi connectivity index (χ3v) is 4.71. The van der Waals surface area contributed by atoms with Crippen LogP contribution in [0.1, 0.15) is 41.0 Å². The molecule has 0 radical (unpaired) electrons. The number of amides is 2. The molecule has 0 bridgehead atoms. The molecule has 4 atom stereocenters. The molecule has 5 nitrogen and oxygen atoms in total. The minimum Gasteiger partial charge on any atom is -0.378 e. The molecule has 0 aromatic carbocycles. The third kappa shape index (κ3) is 3.23. The van der Waals surface area contributed by atoms with Gasteiger partial charge in [-0.05, 0) is 25.2 Å². The minimum atomic E-state index is -0.398. The summed E-state index contributed by atoms with van der Waals surface area (Å²) < 4.78 is 5.60. The van der Waals surface area contributed by atoms with Gasteiger partial charge in [-0.25, -0.2) is 0 Å². The van der Waals surface area contributed by atoms with Crippen molar-refractivity contribution in [1.82, 2.24) is 10.2 Å². The number of carbonyl (C=O) groups excluding carboxylic acids is 2. The molecule has 0 aliphatic carbocycles. The summed E-state index contributed by atoms with van der Waals surface area (Å²) >= 11 is 0. The Labute approximate surface area is 127 Å². The van der Waals surface area contributed by atoms with Gasteiger partial charge >= 0.3 is 0 Å². The standard InChI is InChI=1S/C16H28N2O3/c1-9(2)13-16(20)18(8-12-6-7-21-11(12)5)14(10(3)4)15(19)17-13/h9-14H,6-8H2,1-5H3,(H,17,19). The van der Waals surface area contributed by atoms with Crippen molar-refractivity contribution in [2.24, 2.45) is 17.8 Å². The molecule has 1 N–H and O–H groups in total. The zero-order chi connectivity index (χ0) is 15.7. The summed E-state index contributed by atoms with van der Waals surface area (Å²) in [4.78, 5) is 27.0. The number of hydrogen-bond donors (Lipinski definition) is 1. The molecule has 0 aromatic rings. The van der Waals surface area contributed by atoms with Gasteiger partial charge < -0.3 is 15.0 Å². The lowest BCUT2D eigenvalue weighted by molar-refractivity contribution is -0.153. The summed E-state index contributed by atoms with van der Waals surface area (Å²) in [6.45, 7) is 11.4. The number of hydrogen-bond acceptors (Lipinski definition) is 3. The van der Waals surface area contributed by atoms with Crippen LogP contribution in [-0.4, -0.2) is 48.1 Å². The van der Waals surface area contributed by atoms with E-state index in [1.165, 1.54) is 0 Å². The van der Waals surface area contributed by atoms with Gasteiger partial charge in [0.1, 0.15) is 12.1 Å². The molecule has 0 spiro atoms. The number of nitrogens with zero attached hydrogens (tertiary/aromatic N) is 1. The Balaban J connectivity index is 2.21. The van der Waals surface area contributed by atoms with Crippen LogP contribution in [0.5, 0.6) is 0 Å². The van der Waals surface area contributed by atoms with Crippen LogP contribution >= 0.6 is 0 Å². The molecule has 2 saturated heterocycles. The van der Waals surface area contributed by atoms with E-state index in [-0.39, 0.29) is 35.8 Å². The van der Waals surface area contributed by atoms with Crippen molar-refractivity contribution in [3.63, 3.8) is 0 Å². The number of ether oxygens (including phenoxy) is 1. The zero-order valence-electron chi connectivity index (χ0n) is 13.8. The second-order valence-corrected chi connectivity index (χ2v) is 7.03. The normalized spacial score (nSPS) is 34.0. The van der Waals surface area contributed by atoms with E-state index in [1.807, 2.05) is 32.6 Å². The van der Waals surface area contributed by atoms with Crippen molar-refractivity contribution >= 4 is 11.8 Å². The van der Waals surface area contributed by atoms with E-state index in [9.17, 15) is 9.59 Å². The van der Waals surface area contributed by atoms with E-state index in [0.717, 1.165) is 13.0 Å². The Morgan fingerprint density at radius 2 is 1.90 bits per heavy atom. The average molecular weight is 296 g/mol. The molecule has 2 amide bonds. The van der Waals surface area contributed by atoms with Crippen LogP contribution in [-0.2, 0) is 14.3 Å². The van der Waals surface area contributed by atoms with Crippen LogP contribution in [0, 0.1) is 17.8 Å². The van der Waals surface area contributed by atoms with Crippen molar-refractivity contribution in [3.05, 3.63) is 0 Å². The Morgan fingerprint density at radius 3 is 2.38 bits per heavy atom. The Morgan fingerprint density at radius 1 is 1.24 bits per heavy atom. The van der Waals surface area contributed by atoms with Gasteiger partial charge in [-0.15, -0.1) is 0 Å². The Hall–Kier alpha value is -1.10. The van der Waals surface area contributed by atoms with Gasteiger partial charge in [0.05, 0.1) is 6.10 Å². The molecule has 120 valence electrons. The molecule has 2 aliphatic heterocycles. The van der Waals surface area contributed by atoms with Gasteiger partial charge in [0, 0.05) is 19.1 Å². The van der Waals surface area contributed by atoms with Crippen LogP contribution in [0.15, 0.2) is 0 Å². The Kier molecular flexibility index (Phi) is 4.91. The summed E-state index contributed by atoms with van der Waals surface area (Å²) in [5.74, 6) is 0.584. The minimum absolute atomic E-state index is 0.0186. The fraction of sp³-hybridized carbons (Fsp3) is 0.875. The molecule has 5 heteroatoms. The highest BCUT2D eigenvalue weighted by Gasteiger charge is 2.44. The van der Waals surface area contributed by atoms with Crippen LogP contribution in [0.2, 0.25) is 0 Å². The van der Waals surface area contributed by atoms with E-state index < -0.39 is 6.04 Å². The summed E-state index contributed by atoms with van der Waals surface area (Å²) in [5, 5.41) is 2.90. The second kappa shape index (κ2) is 6.34. The second-order valence-electron chi connectivity index (χ2n) is 7.03. The largest absolute Gasteiger partial charge is 0.378 e. The van der Waals surface area contributed by atoms with Crippen LogP contribution in [0.25, 0.3) is 0 Å². The topological polar surface area (TPSA) is 58.6 Å². The highest BCUT2D eigenvalue weighted by atomic mass is 16.5. The maximum absolute atomic E-state index is 12.8. The highest BCUT2D eigenvalue weighted by Crippen LogP contribution is 2.27. The van der Waals surface area contributed by atoms with Gasteiger partial charge in [0.15, 0.2) is 0 Å². The number of carbonyl (C=O) groups is 2. The van der Waals surface area contributed by atoms with E-state index >= 15 is 0 Å². The number of piperazine rings is 1. The van der Waals surface area contributed by atoms with Crippen LogP contribution in [0.3, 0.4) is 0 Å². The van der Waals surface area contributed by atoms with Gasteiger partial charge in [0.25, 0.3) is 0 Å². The average Bonchev–Trinajstić information content (AvgIpc) is 2.78. The lowest BCUT2D eigenvalue weighted by Crippen LogP contribution is -2.66. The van der Waals surface area contributed by atoms with E-state index in [2.05, 4.69) is 12.2 Å². The fourth-order valence-corrected chi connectivity index (χ4v) is 3.34. The number of rotatable bonds is 4. The molecular weight excluding hydrogens is 268 g/mol. The summed E-state index contributed by atoms with van der Waals surface area (Å²) in [6.07, 6.45) is 1.12. The SMILES string of the molecule is CC(C)C1NC(=O)C(C(C)C)N(CC2CCOC2C)C1=O. The quantitative estimate of drug-likeness (QED) is 0.853. The summed E-state index contributed by atoms with van der Waals surface area (Å²) in [7, 11) is 0. The van der Waals surface area contributed by atoms with Gasteiger partial charge in [0.2, 0.25) is 11.8 Å². The van der Waals surface area contributed by atoms with E-state index in [4.69, 9.17) is 4.74 Å². The first kappa shape index (κ1) is 16.3. The predicted octanol–water partition coefficient (Wildman–Crippen LogP) is 1.42. The molecule has 2 fully saturated rings. The Bertz CT molecular complexity index is 408. The number of nitrogens with one attached hydrogen (secondary N) is 1. The predicted molar refractivity (Wildman–Crippen MR) is 80.6 cm³/mol. The molecule has 21 heavy (non-hydrogen) atoms. The van der Waals surface area contributed by atoms with Crippen LogP contribution in [0.4, 0.5) is 0 Å². The highest BCUT2D eigenvalue weighted by molar-refractivity contribution is 5.97. The van der Waals surface area contributed by atoms with Crippen molar-refractivity contribution in [1.29, 1.82) is 0 Å². The first-order valence-electron chi connectivity index (χ1n) is 8.05. The van der Waals surface area contributed by atoms with Crippen LogP contribution < -0.4 is 5.32 Å². The van der Waals surface area contributed by atoms with E-state index in [0.29, 0.717) is 12.5 Å². The van der Waals surface area contributed by atoms with Crippen molar-refractivity contribution in [2.45, 2.75) is 59.2 Å². The van der Waals surface area contributed by atoms with Gasteiger partial charge in [-0.3, -0.25) is 9.59 Å². The molecule has 4 unspecified atom stereocenters. The third-order valence-electron chi connectivity index (χ3n) is 4.71. The maximum Gasteiger partial charge on any atom is 0.246 e. The zero-order valence-corrected chi connectivity index (χ0v) is 13.8. The molecule has 2 aliphatic rings. The van der Waals surface area contributed by atoms with Crippen molar-refractivity contribution < 1.29 is 14.3 Å². The van der Waals surface area contributed by atoms with Gasteiger partial charge in [-0.1, -0.05) is 27.7 Å². The van der Waals surface area contributed by atoms with Gasteiger partial charge in [-0.2, -0.15) is 0 Å². The van der Waals surface area contributed by atoms with Crippen molar-refractivity contribution in [3.8, 4) is 0 Å². The first-order valence-corrected chi connectivity index (χ1v) is 8.05. The summed E-state index contributed by atoms with van der Waals surface area (Å²) in [6, 6.07) is -0.759. The fourth-order valence-electron chi connectivity index (χ4n) is 3.34. The molecular formula is C16H28N2O3. The lowest BCUT2D eigenvalue weighted by atomic mass is 9.91. The first-order chi connectivity index (χ1) is 9.82. The lowest BCUT2D eigenvalue weighted by Gasteiger charge is -2.43. The smallest absolute Gasteiger partial charge is 0.246 e. The maximum atomic E-state index is 12.8. The monoisotopic (exact) mass is 296 g/mol. The molecule has 2 rings (SSSR count).